The second kappa shape index (κ2) is 9.75. The van der Waals surface area contributed by atoms with Crippen molar-refractivity contribution in [2.45, 2.75) is 19.0 Å². The van der Waals surface area contributed by atoms with Crippen molar-refractivity contribution in [1.82, 2.24) is 9.88 Å². The van der Waals surface area contributed by atoms with Gasteiger partial charge in [-0.1, -0.05) is 6.07 Å². The number of amides is 1. The molecule has 0 unspecified atom stereocenters. The van der Waals surface area contributed by atoms with E-state index in [4.69, 9.17) is 16.2 Å². The number of alkyl halides is 2. The van der Waals surface area contributed by atoms with Crippen LogP contribution >= 0.6 is 0 Å². The summed E-state index contributed by atoms with van der Waals surface area (Å²) in [4.78, 5) is 17.6. The molecule has 1 aliphatic heterocycles. The lowest BCUT2D eigenvalue weighted by molar-refractivity contribution is -0.111. The van der Waals surface area contributed by atoms with Gasteiger partial charge in [-0.15, -0.1) is 0 Å². The van der Waals surface area contributed by atoms with Gasteiger partial charge in [0.1, 0.15) is 12.4 Å². The monoisotopic (exact) mass is 445 g/mol. The van der Waals surface area contributed by atoms with Crippen LogP contribution in [0.2, 0.25) is 0 Å². The number of pyridine rings is 1. The summed E-state index contributed by atoms with van der Waals surface area (Å²) in [5.74, 6) is -4.34. The van der Waals surface area contributed by atoms with E-state index in [1.807, 2.05) is 0 Å². The fourth-order valence-electron chi connectivity index (χ4n) is 3.47. The van der Waals surface area contributed by atoms with Crippen LogP contribution < -0.4 is 11.1 Å². The van der Waals surface area contributed by atoms with Crippen LogP contribution in [-0.2, 0) is 17.9 Å². The first kappa shape index (κ1) is 23.2. The fourth-order valence-corrected chi connectivity index (χ4v) is 3.47. The van der Waals surface area contributed by atoms with Gasteiger partial charge in [0.15, 0.2) is 0 Å². The number of aliphatic hydroxyl groups is 1. The van der Waals surface area contributed by atoms with Gasteiger partial charge >= 0.3 is 0 Å². The summed E-state index contributed by atoms with van der Waals surface area (Å²) in [5, 5.41) is 18.8. The van der Waals surface area contributed by atoms with Crippen molar-refractivity contribution in [2.75, 3.05) is 18.5 Å². The van der Waals surface area contributed by atoms with Crippen LogP contribution in [0.1, 0.15) is 22.3 Å². The summed E-state index contributed by atoms with van der Waals surface area (Å²) in [5.41, 5.74) is 8.07. The van der Waals surface area contributed by atoms with E-state index < -0.39 is 30.8 Å². The number of anilines is 1. The van der Waals surface area contributed by atoms with Crippen LogP contribution in [0.25, 0.3) is 11.6 Å². The first-order valence-electron chi connectivity index (χ1n) is 9.64. The number of aromatic nitrogens is 1. The second-order valence-electron chi connectivity index (χ2n) is 7.32. The smallest absolute Gasteiger partial charge is 0.283 e. The molecule has 2 aromatic rings. The zero-order valence-electron chi connectivity index (χ0n) is 17.0. The minimum atomic E-state index is -3.18. The highest BCUT2D eigenvalue weighted by molar-refractivity contribution is 6.10. The molecule has 1 aromatic heterocycles. The number of benzene rings is 1. The molecule has 5 N–H and O–H groups in total. The van der Waals surface area contributed by atoms with Crippen molar-refractivity contribution in [3.05, 3.63) is 70.9 Å². The number of fused-ring (bicyclic) bond motifs is 1. The minimum absolute atomic E-state index is 0.0545. The number of hydrogen-bond acceptors (Lipinski definition) is 6. The average molecular weight is 445 g/mol. The van der Waals surface area contributed by atoms with Crippen molar-refractivity contribution >= 4 is 29.5 Å². The normalized spacial score (nSPS) is 14.6. The summed E-state index contributed by atoms with van der Waals surface area (Å²) < 4.78 is 41.1. The SMILES string of the molecule is N=C/C(=C\N)c1c(F)cncc1/C=C/C(=O)Nc1ccc2c(c1)CN(CC(F)(F)CO)C2. The standard InChI is InChI=1S/C22H22F3N5O2/c23-19-9-28-8-14(21(19)17(6-26)7-27)2-4-20(32)29-18-3-1-15-10-30(11-16(15)5-18)12-22(24,25)13-31/h1-9,26,31H,10-13,27H2,(H,29,32)/b4-2+,17-7+,26-6?. The van der Waals surface area contributed by atoms with E-state index in [0.717, 1.165) is 29.7 Å². The van der Waals surface area contributed by atoms with E-state index in [0.29, 0.717) is 12.2 Å². The maximum atomic E-state index is 14.2. The predicted octanol–water partition coefficient (Wildman–Crippen LogP) is 2.76. The Balaban J connectivity index is 1.70. The Bertz CT molecular complexity index is 1090. The third-order valence-electron chi connectivity index (χ3n) is 4.91. The van der Waals surface area contributed by atoms with Gasteiger partial charge < -0.3 is 21.6 Å². The molecule has 32 heavy (non-hydrogen) atoms. The van der Waals surface area contributed by atoms with E-state index in [1.165, 1.54) is 23.2 Å². The Morgan fingerprint density at radius 1 is 1.31 bits per heavy atom. The molecule has 10 heteroatoms. The number of nitrogens with zero attached hydrogens (tertiary/aromatic N) is 2. The molecule has 7 nitrogen and oxygen atoms in total. The number of rotatable bonds is 8. The molecule has 0 fully saturated rings. The van der Waals surface area contributed by atoms with Crippen LogP contribution in [-0.4, -0.2) is 46.2 Å². The average Bonchev–Trinajstić information content (AvgIpc) is 3.15. The molecule has 0 radical (unpaired) electrons. The Hall–Kier alpha value is -3.50. The molecule has 1 amide bonds. The first-order chi connectivity index (χ1) is 15.3. The third-order valence-corrected chi connectivity index (χ3v) is 4.91. The highest BCUT2D eigenvalue weighted by Gasteiger charge is 2.33. The maximum Gasteiger partial charge on any atom is 0.283 e. The largest absolute Gasteiger partial charge is 0.404 e. The fraction of sp³-hybridized carbons (Fsp3) is 0.227. The number of nitrogens with one attached hydrogen (secondary N) is 2. The van der Waals surface area contributed by atoms with Crippen molar-refractivity contribution in [2.24, 2.45) is 5.73 Å². The van der Waals surface area contributed by atoms with Crippen molar-refractivity contribution in [3.63, 3.8) is 0 Å². The highest BCUT2D eigenvalue weighted by Crippen LogP contribution is 2.28. The molecule has 1 aliphatic rings. The lowest BCUT2D eigenvalue weighted by Crippen LogP contribution is -2.36. The zero-order valence-corrected chi connectivity index (χ0v) is 17.0. The van der Waals surface area contributed by atoms with Crippen LogP contribution in [0.4, 0.5) is 18.9 Å². The van der Waals surface area contributed by atoms with Crippen molar-refractivity contribution in [1.29, 1.82) is 5.41 Å². The van der Waals surface area contributed by atoms with E-state index in [2.05, 4.69) is 10.3 Å². The van der Waals surface area contributed by atoms with Gasteiger partial charge in [-0.2, -0.15) is 0 Å². The van der Waals surface area contributed by atoms with Crippen molar-refractivity contribution in [3.8, 4) is 0 Å². The van der Waals surface area contributed by atoms with Gasteiger partial charge in [-0.3, -0.25) is 14.7 Å². The predicted molar refractivity (Wildman–Crippen MR) is 115 cm³/mol. The van der Waals surface area contributed by atoms with Gasteiger partial charge in [-0.25, -0.2) is 13.2 Å². The van der Waals surface area contributed by atoms with Gasteiger partial charge in [0.2, 0.25) is 5.91 Å². The van der Waals surface area contributed by atoms with Gasteiger partial charge in [0, 0.05) is 60.2 Å². The van der Waals surface area contributed by atoms with Gasteiger partial charge in [0.25, 0.3) is 5.92 Å². The zero-order chi connectivity index (χ0) is 23.3. The van der Waals surface area contributed by atoms with Crippen molar-refractivity contribution < 1.29 is 23.1 Å². The summed E-state index contributed by atoms with van der Waals surface area (Å²) >= 11 is 0. The molecular weight excluding hydrogens is 423 g/mol. The van der Waals surface area contributed by atoms with Crippen LogP contribution in [0.5, 0.6) is 0 Å². The van der Waals surface area contributed by atoms with Crippen LogP contribution in [0.3, 0.4) is 0 Å². The molecule has 3 rings (SSSR count). The second-order valence-corrected chi connectivity index (χ2v) is 7.32. The molecule has 0 aliphatic carbocycles. The number of allylic oxidation sites excluding steroid dienone is 1. The molecule has 168 valence electrons. The number of nitrogens with two attached hydrogens (primary N) is 1. The Morgan fingerprint density at radius 2 is 2.06 bits per heavy atom. The maximum absolute atomic E-state index is 14.2. The molecule has 0 saturated heterocycles. The number of aliphatic hydroxyl groups excluding tert-OH is 1. The van der Waals surface area contributed by atoms with E-state index in [-0.39, 0.29) is 23.2 Å². The Kier molecular flexibility index (Phi) is 7.06. The minimum Gasteiger partial charge on any atom is -0.404 e. The number of carbonyl (C=O) groups is 1. The molecule has 0 saturated carbocycles. The third kappa shape index (κ3) is 5.40. The topological polar surface area (TPSA) is 115 Å². The Labute approximate surface area is 182 Å². The lowest BCUT2D eigenvalue weighted by atomic mass is 10.0. The molecule has 0 spiro atoms. The van der Waals surface area contributed by atoms with E-state index in [9.17, 15) is 18.0 Å². The molecule has 0 bridgehead atoms. The summed E-state index contributed by atoms with van der Waals surface area (Å²) in [7, 11) is 0. The highest BCUT2D eigenvalue weighted by atomic mass is 19.3. The van der Waals surface area contributed by atoms with Gasteiger partial charge in [0.05, 0.1) is 12.7 Å². The molecule has 2 heterocycles. The summed E-state index contributed by atoms with van der Waals surface area (Å²) in [6.07, 6.45) is 6.89. The van der Waals surface area contributed by atoms with E-state index >= 15 is 0 Å². The number of carbonyl (C=O) groups excluding carboxylic acids is 1. The number of hydrogen-bond donors (Lipinski definition) is 4. The van der Waals surface area contributed by atoms with Crippen LogP contribution in [0, 0.1) is 11.2 Å². The van der Waals surface area contributed by atoms with Crippen LogP contribution in [0.15, 0.2) is 42.9 Å². The quantitative estimate of drug-likeness (QED) is 0.368. The first-order valence-corrected chi connectivity index (χ1v) is 9.64. The summed E-state index contributed by atoms with van der Waals surface area (Å²) in [6, 6.07) is 5.12. The lowest BCUT2D eigenvalue weighted by Gasteiger charge is -2.21. The Morgan fingerprint density at radius 3 is 2.75 bits per heavy atom. The molecule has 1 aromatic carbocycles. The van der Waals surface area contributed by atoms with Gasteiger partial charge in [-0.05, 0) is 29.3 Å². The van der Waals surface area contributed by atoms with E-state index in [1.54, 1.807) is 18.2 Å². The number of halogens is 3. The summed E-state index contributed by atoms with van der Waals surface area (Å²) in [6.45, 7) is -1.15. The molecular formula is C22H22F3N5O2. The molecule has 0 atom stereocenters.